The van der Waals surface area contributed by atoms with Crippen molar-refractivity contribution in [1.82, 2.24) is 20.7 Å². The summed E-state index contributed by atoms with van der Waals surface area (Å²) in [5.74, 6) is 0.814. The Morgan fingerprint density at radius 2 is 2.21 bits per heavy atom. The Morgan fingerprint density at radius 3 is 2.79 bits per heavy atom. The molecule has 0 aromatic carbocycles. The number of likely N-dealkylation sites (tertiary alicyclic amines) is 1. The Hall–Kier alpha value is -0.870. The van der Waals surface area contributed by atoms with Gasteiger partial charge in [0.15, 0.2) is 5.96 Å². The molecule has 1 fully saturated rings. The zero-order chi connectivity index (χ0) is 16.5. The number of nitrogens with zero attached hydrogens (tertiary/aromatic N) is 3. The molecule has 1 saturated heterocycles. The summed E-state index contributed by atoms with van der Waals surface area (Å²) < 4.78 is 10.4. The fourth-order valence-electron chi connectivity index (χ4n) is 2.61. The van der Waals surface area contributed by atoms with Crippen LogP contribution in [0.5, 0.6) is 0 Å². The van der Waals surface area contributed by atoms with Gasteiger partial charge < -0.3 is 24.8 Å². The molecule has 0 aliphatic carbocycles. The lowest BCUT2D eigenvalue weighted by Gasteiger charge is -2.33. The molecule has 0 bridgehead atoms. The Balaban J connectivity index is 0.00000288. The highest BCUT2D eigenvalue weighted by Crippen LogP contribution is 2.10. The number of ether oxygens (including phenoxy) is 1. The molecule has 1 aliphatic rings. The van der Waals surface area contributed by atoms with Gasteiger partial charge in [-0.3, -0.25) is 4.99 Å². The zero-order valence-electron chi connectivity index (χ0n) is 14.8. The molecule has 0 spiro atoms. The number of piperidine rings is 1. The second-order valence-electron chi connectivity index (χ2n) is 6.10. The summed E-state index contributed by atoms with van der Waals surface area (Å²) in [6.07, 6.45) is 4.12. The van der Waals surface area contributed by atoms with Crippen LogP contribution in [0.15, 0.2) is 21.8 Å². The summed E-state index contributed by atoms with van der Waals surface area (Å²) in [4.78, 5) is 6.74. The van der Waals surface area contributed by atoms with Gasteiger partial charge in [0.25, 0.3) is 0 Å². The molecule has 0 radical (unpaired) electrons. The molecule has 2 heterocycles. The molecule has 8 heteroatoms. The van der Waals surface area contributed by atoms with E-state index in [4.69, 9.17) is 9.26 Å². The van der Waals surface area contributed by atoms with E-state index in [1.165, 1.54) is 0 Å². The van der Waals surface area contributed by atoms with Crippen molar-refractivity contribution in [3.05, 3.63) is 18.0 Å². The lowest BCUT2D eigenvalue weighted by atomic mass is 10.1. The van der Waals surface area contributed by atoms with Crippen LogP contribution in [0.3, 0.4) is 0 Å². The van der Waals surface area contributed by atoms with Crippen LogP contribution < -0.4 is 10.6 Å². The summed E-state index contributed by atoms with van der Waals surface area (Å²) >= 11 is 0. The summed E-state index contributed by atoms with van der Waals surface area (Å²) in [6.45, 7) is 8.79. The summed E-state index contributed by atoms with van der Waals surface area (Å²) in [7, 11) is 1.79. The van der Waals surface area contributed by atoms with E-state index in [0.29, 0.717) is 18.7 Å². The van der Waals surface area contributed by atoms with Crippen molar-refractivity contribution in [1.29, 1.82) is 0 Å². The number of rotatable bonds is 7. The third-order valence-corrected chi connectivity index (χ3v) is 3.94. The average Bonchev–Trinajstić information content (AvgIpc) is 3.06. The summed E-state index contributed by atoms with van der Waals surface area (Å²) in [5, 5.41) is 10.6. The van der Waals surface area contributed by atoms with Gasteiger partial charge in [0.2, 0.25) is 0 Å². The molecule has 7 nitrogen and oxygen atoms in total. The van der Waals surface area contributed by atoms with Gasteiger partial charge in [0, 0.05) is 38.8 Å². The van der Waals surface area contributed by atoms with Crippen molar-refractivity contribution in [2.24, 2.45) is 4.99 Å². The molecular formula is C16H30IN5O2. The Bertz CT molecular complexity index is 459. The molecular weight excluding hydrogens is 421 g/mol. The van der Waals surface area contributed by atoms with Crippen molar-refractivity contribution in [3.8, 4) is 0 Å². The van der Waals surface area contributed by atoms with E-state index in [1.807, 2.05) is 6.07 Å². The summed E-state index contributed by atoms with van der Waals surface area (Å²) in [6, 6.07) is 2.30. The van der Waals surface area contributed by atoms with E-state index in [0.717, 1.165) is 50.7 Å². The highest BCUT2D eigenvalue weighted by molar-refractivity contribution is 14.0. The van der Waals surface area contributed by atoms with E-state index in [2.05, 4.69) is 39.5 Å². The molecule has 0 amide bonds. The van der Waals surface area contributed by atoms with Gasteiger partial charge in [-0.15, -0.1) is 24.0 Å². The smallest absolute Gasteiger partial charge is 0.191 e. The van der Waals surface area contributed by atoms with Crippen LogP contribution in [0.2, 0.25) is 0 Å². The highest BCUT2D eigenvalue weighted by atomic mass is 127. The zero-order valence-corrected chi connectivity index (χ0v) is 17.2. The molecule has 2 rings (SSSR count). The van der Waals surface area contributed by atoms with E-state index in [1.54, 1.807) is 13.3 Å². The average molecular weight is 451 g/mol. The van der Waals surface area contributed by atoms with Gasteiger partial charge in [-0.05, 0) is 26.7 Å². The van der Waals surface area contributed by atoms with Crippen LogP contribution in [-0.2, 0) is 11.3 Å². The van der Waals surface area contributed by atoms with Crippen molar-refractivity contribution < 1.29 is 9.26 Å². The van der Waals surface area contributed by atoms with E-state index in [9.17, 15) is 0 Å². The Kier molecular flexibility index (Phi) is 10.3. The van der Waals surface area contributed by atoms with Gasteiger partial charge in [-0.1, -0.05) is 5.16 Å². The van der Waals surface area contributed by atoms with E-state index in [-0.39, 0.29) is 24.0 Å². The summed E-state index contributed by atoms with van der Waals surface area (Å²) in [5.41, 5.74) is 0.868. The minimum atomic E-state index is 0. The second kappa shape index (κ2) is 11.6. The third-order valence-electron chi connectivity index (χ3n) is 3.94. The van der Waals surface area contributed by atoms with Gasteiger partial charge in [0.05, 0.1) is 19.3 Å². The van der Waals surface area contributed by atoms with E-state index >= 15 is 0 Å². The number of guanidine groups is 1. The number of aromatic nitrogens is 1. The Morgan fingerprint density at radius 1 is 1.46 bits per heavy atom. The van der Waals surface area contributed by atoms with Crippen molar-refractivity contribution >= 4 is 29.9 Å². The van der Waals surface area contributed by atoms with Crippen molar-refractivity contribution in [2.75, 3.05) is 33.3 Å². The lowest BCUT2D eigenvalue weighted by Crippen LogP contribution is -2.49. The third kappa shape index (κ3) is 7.80. The monoisotopic (exact) mass is 451 g/mol. The minimum absolute atomic E-state index is 0. The first-order valence-corrected chi connectivity index (χ1v) is 8.37. The molecule has 0 unspecified atom stereocenters. The lowest BCUT2D eigenvalue weighted by molar-refractivity contribution is 0.0532. The maximum Gasteiger partial charge on any atom is 0.191 e. The highest BCUT2D eigenvalue weighted by Gasteiger charge is 2.19. The van der Waals surface area contributed by atoms with Gasteiger partial charge in [-0.2, -0.15) is 0 Å². The van der Waals surface area contributed by atoms with Gasteiger partial charge in [0.1, 0.15) is 12.0 Å². The molecule has 1 aliphatic heterocycles. The minimum Gasteiger partial charge on any atom is -0.377 e. The van der Waals surface area contributed by atoms with Crippen LogP contribution in [0, 0.1) is 0 Å². The van der Waals surface area contributed by atoms with Crippen LogP contribution in [0.1, 0.15) is 32.4 Å². The fourth-order valence-corrected chi connectivity index (χ4v) is 2.61. The number of nitrogens with one attached hydrogen (secondary N) is 2. The quantitative estimate of drug-likeness (QED) is 0.375. The predicted molar refractivity (Wildman–Crippen MR) is 106 cm³/mol. The van der Waals surface area contributed by atoms with Crippen molar-refractivity contribution in [2.45, 2.75) is 45.4 Å². The first-order valence-electron chi connectivity index (χ1n) is 8.37. The number of halogens is 1. The standard InChI is InChI=1S/C16H29N5O2.HI/c1-13(2)22-11-9-21-7-4-14(5-8-21)19-16(17-3)18-12-15-6-10-23-20-15;/h6,10,13-14H,4-5,7-9,11-12H2,1-3H3,(H2,17,18,19);1H. The maximum atomic E-state index is 5.62. The largest absolute Gasteiger partial charge is 0.377 e. The molecule has 2 N–H and O–H groups in total. The van der Waals surface area contributed by atoms with Crippen LogP contribution in [-0.4, -0.2) is 61.5 Å². The molecule has 0 saturated carbocycles. The SMILES string of the molecule is CN=C(NCc1ccon1)NC1CCN(CCOC(C)C)CC1.I. The Labute approximate surface area is 161 Å². The second-order valence-corrected chi connectivity index (χ2v) is 6.10. The fraction of sp³-hybridized carbons (Fsp3) is 0.750. The van der Waals surface area contributed by atoms with Gasteiger partial charge in [-0.25, -0.2) is 0 Å². The number of hydrogen-bond acceptors (Lipinski definition) is 5. The molecule has 138 valence electrons. The molecule has 0 atom stereocenters. The van der Waals surface area contributed by atoms with Crippen LogP contribution >= 0.6 is 24.0 Å². The normalized spacial score (nSPS) is 16.9. The first kappa shape index (κ1) is 21.2. The molecule has 1 aromatic rings. The van der Waals surface area contributed by atoms with Crippen molar-refractivity contribution in [3.63, 3.8) is 0 Å². The maximum absolute atomic E-state index is 5.62. The molecule has 1 aromatic heterocycles. The van der Waals surface area contributed by atoms with E-state index < -0.39 is 0 Å². The first-order chi connectivity index (χ1) is 11.2. The number of hydrogen-bond donors (Lipinski definition) is 2. The van der Waals surface area contributed by atoms with Crippen LogP contribution in [0.4, 0.5) is 0 Å². The van der Waals surface area contributed by atoms with Gasteiger partial charge >= 0.3 is 0 Å². The topological polar surface area (TPSA) is 74.9 Å². The predicted octanol–water partition coefficient (Wildman–Crippen LogP) is 1.85. The molecule has 24 heavy (non-hydrogen) atoms. The van der Waals surface area contributed by atoms with Crippen LogP contribution in [0.25, 0.3) is 0 Å². The number of aliphatic imine (C=N–C) groups is 1.